The van der Waals surface area contributed by atoms with Crippen molar-refractivity contribution in [2.24, 2.45) is 0 Å². The van der Waals surface area contributed by atoms with E-state index in [1.165, 1.54) is 35.1 Å². The van der Waals surface area contributed by atoms with Gasteiger partial charge in [-0.25, -0.2) is 0 Å². The predicted molar refractivity (Wildman–Crippen MR) is 110 cm³/mol. The number of carbonyl (C=O) groups is 2. The molecule has 0 radical (unpaired) electrons. The Morgan fingerprint density at radius 2 is 2.11 bits per heavy atom. The number of hydrogen-bond acceptors (Lipinski definition) is 7. The molecule has 1 aliphatic rings. The van der Waals surface area contributed by atoms with Crippen LogP contribution in [0.25, 0.3) is 6.08 Å². The number of rotatable bonds is 7. The fourth-order valence-electron chi connectivity index (χ4n) is 2.57. The molecule has 1 aromatic carbocycles. The number of carbonyl (C=O) groups excluding carboxylic acids is 2. The van der Waals surface area contributed by atoms with Crippen molar-refractivity contribution in [3.05, 3.63) is 52.8 Å². The maximum absolute atomic E-state index is 12.4. The zero-order valence-electron chi connectivity index (χ0n) is 14.8. The van der Waals surface area contributed by atoms with Gasteiger partial charge >= 0.3 is 0 Å². The molecule has 0 unspecified atom stereocenters. The number of phenolic OH excluding ortho intramolecular Hbond substituents is 2. The average Bonchev–Trinajstić information content (AvgIpc) is 3.25. The predicted octanol–water partition coefficient (Wildman–Crippen LogP) is 2.64. The number of benzene rings is 1. The molecule has 1 aliphatic heterocycles. The Kier molecular flexibility index (Phi) is 6.37. The van der Waals surface area contributed by atoms with E-state index in [4.69, 9.17) is 16.6 Å². The third-order valence-corrected chi connectivity index (χ3v) is 5.41. The molecule has 146 valence electrons. The van der Waals surface area contributed by atoms with E-state index in [0.29, 0.717) is 28.0 Å². The summed E-state index contributed by atoms with van der Waals surface area (Å²) < 4.78 is 5.62. The van der Waals surface area contributed by atoms with Crippen LogP contribution >= 0.6 is 24.0 Å². The number of thioether (sulfide) groups is 1. The topological polar surface area (TPSA) is 103 Å². The molecular weight excluding hydrogens is 400 g/mol. The fraction of sp³-hybridized carbons (Fsp3) is 0.211. The summed E-state index contributed by atoms with van der Waals surface area (Å²) in [7, 11) is 0. The van der Waals surface area contributed by atoms with Crippen LogP contribution in [-0.2, 0) is 16.0 Å². The second-order valence-corrected chi connectivity index (χ2v) is 7.70. The highest BCUT2D eigenvalue weighted by atomic mass is 32.2. The van der Waals surface area contributed by atoms with Crippen molar-refractivity contribution in [3.63, 3.8) is 0 Å². The summed E-state index contributed by atoms with van der Waals surface area (Å²) in [5, 5.41) is 21.5. The van der Waals surface area contributed by atoms with E-state index >= 15 is 0 Å². The SMILES string of the molecule is O=C(CCN1C(=O)C(=Cc2ccco2)SC1=S)NCCc1ccc(O)c(O)c1. The Balaban J connectivity index is 1.45. The maximum Gasteiger partial charge on any atom is 0.266 e. The Bertz CT molecular complexity index is 924. The van der Waals surface area contributed by atoms with E-state index in [1.807, 2.05) is 0 Å². The van der Waals surface area contributed by atoms with Gasteiger partial charge in [0.25, 0.3) is 5.91 Å². The molecule has 28 heavy (non-hydrogen) atoms. The first-order valence-electron chi connectivity index (χ1n) is 8.50. The minimum absolute atomic E-state index is 0.126. The smallest absolute Gasteiger partial charge is 0.266 e. The lowest BCUT2D eigenvalue weighted by molar-refractivity contribution is -0.123. The van der Waals surface area contributed by atoms with Crippen LogP contribution in [0.15, 0.2) is 45.9 Å². The molecule has 1 aromatic heterocycles. The number of thiocarbonyl (C=S) groups is 1. The number of phenols is 2. The zero-order valence-corrected chi connectivity index (χ0v) is 16.4. The highest BCUT2D eigenvalue weighted by Crippen LogP contribution is 2.32. The lowest BCUT2D eigenvalue weighted by Gasteiger charge is -2.14. The van der Waals surface area contributed by atoms with Crippen molar-refractivity contribution >= 4 is 46.2 Å². The highest BCUT2D eigenvalue weighted by molar-refractivity contribution is 8.26. The molecule has 3 rings (SSSR count). The zero-order chi connectivity index (χ0) is 20.1. The lowest BCUT2D eigenvalue weighted by Crippen LogP contribution is -2.34. The van der Waals surface area contributed by atoms with Crippen molar-refractivity contribution in [3.8, 4) is 11.5 Å². The van der Waals surface area contributed by atoms with Gasteiger partial charge in [-0.05, 0) is 36.2 Å². The summed E-state index contributed by atoms with van der Waals surface area (Å²) >= 11 is 6.42. The fourth-order valence-corrected chi connectivity index (χ4v) is 3.86. The van der Waals surface area contributed by atoms with Gasteiger partial charge in [-0.3, -0.25) is 14.5 Å². The van der Waals surface area contributed by atoms with Gasteiger partial charge in [0.1, 0.15) is 10.1 Å². The number of amides is 2. The minimum atomic E-state index is -0.237. The summed E-state index contributed by atoms with van der Waals surface area (Å²) in [5.41, 5.74) is 0.788. The van der Waals surface area contributed by atoms with Crippen molar-refractivity contribution in [1.82, 2.24) is 10.2 Å². The molecule has 0 spiro atoms. The molecular formula is C19H18N2O5S2. The number of aromatic hydroxyl groups is 2. The quantitative estimate of drug-likeness (QED) is 0.361. The lowest BCUT2D eigenvalue weighted by atomic mass is 10.1. The first kappa shape index (κ1) is 20.0. The van der Waals surface area contributed by atoms with Crippen LogP contribution in [0.4, 0.5) is 0 Å². The van der Waals surface area contributed by atoms with Crippen molar-refractivity contribution in [1.29, 1.82) is 0 Å². The molecule has 0 aliphatic carbocycles. The Morgan fingerprint density at radius 1 is 1.29 bits per heavy atom. The van der Waals surface area contributed by atoms with E-state index in [9.17, 15) is 19.8 Å². The van der Waals surface area contributed by atoms with Crippen LogP contribution in [-0.4, -0.2) is 44.3 Å². The van der Waals surface area contributed by atoms with Crippen LogP contribution < -0.4 is 5.32 Å². The van der Waals surface area contributed by atoms with Gasteiger partial charge in [0, 0.05) is 25.6 Å². The molecule has 3 N–H and O–H groups in total. The molecule has 0 atom stereocenters. The molecule has 2 aromatic rings. The van der Waals surface area contributed by atoms with E-state index < -0.39 is 0 Å². The van der Waals surface area contributed by atoms with E-state index in [-0.39, 0.29) is 36.3 Å². The second-order valence-electron chi connectivity index (χ2n) is 6.02. The average molecular weight is 418 g/mol. The van der Waals surface area contributed by atoms with Gasteiger partial charge in [0.15, 0.2) is 11.5 Å². The van der Waals surface area contributed by atoms with Crippen LogP contribution in [0.5, 0.6) is 11.5 Å². The normalized spacial score (nSPS) is 15.4. The van der Waals surface area contributed by atoms with Gasteiger partial charge in [0.2, 0.25) is 5.91 Å². The second kappa shape index (κ2) is 8.94. The van der Waals surface area contributed by atoms with E-state index in [0.717, 1.165) is 5.56 Å². The third kappa shape index (κ3) is 4.93. The summed E-state index contributed by atoms with van der Waals surface area (Å²) in [6, 6.07) is 8.00. The molecule has 1 saturated heterocycles. The Hall–Kier alpha value is -2.78. The number of nitrogens with zero attached hydrogens (tertiary/aromatic N) is 1. The third-order valence-electron chi connectivity index (χ3n) is 4.03. The Labute approximate surface area is 171 Å². The first-order valence-corrected chi connectivity index (χ1v) is 9.73. The van der Waals surface area contributed by atoms with Crippen LogP contribution in [0.3, 0.4) is 0 Å². The molecule has 0 bridgehead atoms. The monoisotopic (exact) mass is 418 g/mol. The first-order chi connectivity index (χ1) is 13.4. The molecule has 2 amide bonds. The van der Waals surface area contributed by atoms with Crippen LogP contribution in [0.2, 0.25) is 0 Å². The van der Waals surface area contributed by atoms with Crippen LogP contribution in [0, 0.1) is 0 Å². The summed E-state index contributed by atoms with van der Waals surface area (Å²) in [4.78, 5) is 26.4. The van der Waals surface area contributed by atoms with Gasteiger partial charge in [0.05, 0.1) is 11.2 Å². The van der Waals surface area contributed by atoms with Gasteiger partial charge < -0.3 is 19.9 Å². The molecule has 9 heteroatoms. The number of nitrogens with one attached hydrogen (secondary N) is 1. The maximum atomic E-state index is 12.4. The van der Waals surface area contributed by atoms with Gasteiger partial charge in [-0.1, -0.05) is 30.0 Å². The molecule has 7 nitrogen and oxygen atoms in total. The minimum Gasteiger partial charge on any atom is -0.504 e. The Morgan fingerprint density at radius 3 is 2.82 bits per heavy atom. The largest absolute Gasteiger partial charge is 0.504 e. The van der Waals surface area contributed by atoms with E-state index in [1.54, 1.807) is 24.3 Å². The molecule has 1 fully saturated rings. The van der Waals surface area contributed by atoms with E-state index in [2.05, 4.69) is 5.32 Å². The summed E-state index contributed by atoms with van der Waals surface area (Å²) in [6.07, 6.45) is 3.79. The highest BCUT2D eigenvalue weighted by Gasteiger charge is 2.32. The van der Waals surface area contributed by atoms with Crippen molar-refractivity contribution < 1.29 is 24.2 Å². The summed E-state index contributed by atoms with van der Waals surface area (Å²) in [6.45, 7) is 0.575. The number of furan rings is 1. The van der Waals surface area contributed by atoms with Gasteiger partial charge in [-0.2, -0.15) is 0 Å². The van der Waals surface area contributed by atoms with Crippen molar-refractivity contribution in [2.45, 2.75) is 12.8 Å². The van der Waals surface area contributed by atoms with Crippen LogP contribution in [0.1, 0.15) is 17.7 Å². The molecule has 0 saturated carbocycles. The van der Waals surface area contributed by atoms with Gasteiger partial charge in [-0.15, -0.1) is 0 Å². The molecule has 2 heterocycles. The van der Waals surface area contributed by atoms with Crippen molar-refractivity contribution in [2.75, 3.05) is 13.1 Å². The standard InChI is InChI=1S/C19H18N2O5S2/c22-14-4-3-12(10-15(14)23)5-7-20-17(24)6-8-21-18(25)16(28-19(21)27)11-13-2-1-9-26-13/h1-4,9-11,22-23H,5-8H2,(H,20,24). The summed E-state index contributed by atoms with van der Waals surface area (Å²) in [5.74, 6) is -0.248. The number of hydrogen-bond donors (Lipinski definition) is 3.